The van der Waals surface area contributed by atoms with Gasteiger partial charge in [-0.1, -0.05) is 0 Å². The zero-order valence-corrected chi connectivity index (χ0v) is 10.2. The van der Waals surface area contributed by atoms with E-state index in [1.54, 1.807) is 4.90 Å². The van der Waals surface area contributed by atoms with Gasteiger partial charge in [0.15, 0.2) is 0 Å². The van der Waals surface area contributed by atoms with Crippen LogP contribution in [0.4, 0.5) is 0 Å². The zero-order chi connectivity index (χ0) is 11.8. The van der Waals surface area contributed by atoms with Gasteiger partial charge in [0, 0.05) is 18.4 Å². The molecule has 0 aromatic rings. The van der Waals surface area contributed by atoms with Crippen LogP contribution in [0.15, 0.2) is 0 Å². The highest BCUT2D eigenvalue weighted by Gasteiger charge is 2.45. The largest absolute Gasteiger partial charge is 0.317 e. The fraction of sp³-hybridized carbons (Fsp3) is 0.846. The minimum absolute atomic E-state index is 0.113. The highest BCUT2D eigenvalue weighted by Crippen LogP contribution is 2.38. The number of imide groups is 1. The number of piperidine rings is 2. The number of nitrogens with zero attached hydrogens (tertiary/aromatic N) is 1. The Morgan fingerprint density at radius 2 is 1.59 bits per heavy atom. The molecule has 17 heavy (non-hydrogen) atoms. The second-order valence-electron chi connectivity index (χ2n) is 5.69. The summed E-state index contributed by atoms with van der Waals surface area (Å²) in [5.74, 6) is 1.05. The number of nitrogens with one attached hydrogen (secondary N) is 1. The van der Waals surface area contributed by atoms with Gasteiger partial charge in [0.25, 0.3) is 0 Å². The number of hydrogen-bond donors (Lipinski definition) is 1. The van der Waals surface area contributed by atoms with Crippen molar-refractivity contribution in [1.82, 2.24) is 10.2 Å². The molecule has 94 valence electrons. The van der Waals surface area contributed by atoms with E-state index in [9.17, 15) is 9.59 Å². The molecule has 0 spiro atoms. The second-order valence-corrected chi connectivity index (χ2v) is 5.69. The van der Waals surface area contributed by atoms with E-state index in [1.165, 1.54) is 0 Å². The van der Waals surface area contributed by atoms with Gasteiger partial charge in [0.1, 0.15) is 0 Å². The number of fused-ring (bicyclic) bond motifs is 2. The second kappa shape index (κ2) is 4.41. The molecule has 2 aliphatic heterocycles. The Bertz CT molecular complexity index is 314. The van der Waals surface area contributed by atoms with Gasteiger partial charge in [-0.05, 0) is 51.1 Å². The normalized spacial score (nSPS) is 34.5. The average molecular weight is 236 g/mol. The Morgan fingerprint density at radius 3 is 2.18 bits per heavy atom. The number of amides is 2. The number of carbonyl (C=O) groups excluding carboxylic acids is 2. The van der Waals surface area contributed by atoms with E-state index in [0.29, 0.717) is 12.5 Å². The standard InChI is InChI=1S/C13H20N2O2/c16-12-10-1-2-11(7-10)13(17)15(12)8-9-3-5-14-6-4-9/h9-11,14H,1-8H2. The van der Waals surface area contributed by atoms with E-state index in [4.69, 9.17) is 0 Å². The van der Waals surface area contributed by atoms with Crippen molar-refractivity contribution in [2.24, 2.45) is 17.8 Å². The summed E-state index contributed by atoms with van der Waals surface area (Å²) in [7, 11) is 0. The van der Waals surface area contributed by atoms with Crippen LogP contribution in [0.2, 0.25) is 0 Å². The van der Waals surface area contributed by atoms with Crippen LogP contribution in [-0.2, 0) is 9.59 Å². The van der Waals surface area contributed by atoms with Gasteiger partial charge in [-0.2, -0.15) is 0 Å². The van der Waals surface area contributed by atoms with Gasteiger partial charge in [0.05, 0.1) is 0 Å². The fourth-order valence-corrected chi connectivity index (χ4v) is 3.48. The Kier molecular flexibility index (Phi) is 2.90. The molecule has 3 aliphatic rings. The number of hydrogen-bond acceptors (Lipinski definition) is 3. The molecule has 2 heterocycles. The first-order valence-electron chi connectivity index (χ1n) is 6.81. The van der Waals surface area contributed by atoms with Crippen LogP contribution in [0.5, 0.6) is 0 Å². The van der Waals surface area contributed by atoms with Crippen LogP contribution in [0, 0.1) is 17.8 Å². The lowest BCUT2D eigenvalue weighted by molar-refractivity contribution is -0.153. The number of rotatable bonds is 2. The molecule has 0 radical (unpaired) electrons. The molecule has 4 nitrogen and oxygen atoms in total. The van der Waals surface area contributed by atoms with Crippen LogP contribution in [0.3, 0.4) is 0 Å². The smallest absolute Gasteiger partial charge is 0.232 e. The van der Waals surface area contributed by atoms with Crippen molar-refractivity contribution in [3.63, 3.8) is 0 Å². The molecule has 3 rings (SSSR count). The van der Waals surface area contributed by atoms with Gasteiger partial charge in [-0.3, -0.25) is 14.5 Å². The van der Waals surface area contributed by atoms with E-state index in [2.05, 4.69) is 5.32 Å². The molecule has 4 heteroatoms. The van der Waals surface area contributed by atoms with Crippen molar-refractivity contribution in [3.8, 4) is 0 Å². The molecule has 0 aromatic heterocycles. The summed E-state index contributed by atoms with van der Waals surface area (Å²) < 4.78 is 0. The Labute approximate surface area is 102 Å². The Balaban J connectivity index is 1.68. The van der Waals surface area contributed by atoms with Crippen molar-refractivity contribution in [2.45, 2.75) is 32.1 Å². The summed E-state index contributed by atoms with van der Waals surface area (Å²) in [5, 5.41) is 3.32. The van der Waals surface area contributed by atoms with Gasteiger partial charge in [0.2, 0.25) is 11.8 Å². The third kappa shape index (κ3) is 1.99. The van der Waals surface area contributed by atoms with E-state index < -0.39 is 0 Å². The van der Waals surface area contributed by atoms with E-state index in [1.807, 2.05) is 0 Å². The first kappa shape index (κ1) is 11.2. The number of likely N-dealkylation sites (tertiary alicyclic amines) is 1. The molecule has 2 amide bonds. The first-order valence-corrected chi connectivity index (χ1v) is 6.81. The van der Waals surface area contributed by atoms with Crippen molar-refractivity contribution < 1.29 is 9.59 Å². The zero-order valence-electron chi connectivity index (χ0n) is 10.2. The maximum Gasteiger partial charge on any atom is 0.232 e. The van der Waals surface area contributed by atoms with Crippen LogP contribution < -0.4 is 5.32 Å². The fourth-order valence-electron chi connectivity index (χ4n) is 3.48. The third-order valence-electron chi connectivity index (χ3n) is 4.56. The molecule has 1 saturated carbocycles. The van der Waals surface area contributed by atoms with E-state index in [-0.39, 0.29) is 23.7 Å². The molecule has 3 fully saturated rings. The summed E-state index contributed by atoms with van der Waals surface area (Å²) >= 11 is 0. The lowest BCUT2D eigenvalue weighted by atomic mass is 9.93. The van der Waals surface area contributed by atoms with Gasteiger partial charge >= 0.3 is 0 Å². The Morgan fingerprint density at radius 1 is 1.00 bits per heavy atom. The van der Waals surface area contributed by atoms with Crippen LogP contribution in [-0.4, -0.2) is 36.3 Å². The van der Waals surface area contributed by atoms with Crippen LogP contribution in [0.25, 0.3) is 0 Å². The molecule has 2 unspecified atom stereocenters. The molecule has 2 atom stereocenters. The van der Waals surface area contributed by atoms with Gasteiger partial charge in [-0.15, -0.1) is 0 Å². The monoisotopic (exact) mass is 236 g/mol. The molecule has 1 aliphatic carbocycles. The van der Waals surface area contributed by atoms with Crippen molar-refractivity contribution in [3.05, 3.63) is 0 Å². The SMILES string of the molecule is O=C1C2CCC(C2)C(=O)N1CC1CCNCC1. The predicted molar refractivity (Wildman–Crippen MR) is 63.1 cm³/mol. The number of carbonyl (C=O) groups is 2. The lowest BCUT2D eigenvalue weighted by Gasteiger charge is -2.33. The predicted octanol–water partition coefficient (Wildman–Crippen LogP) is 0.771. The van der Waals surface area contributed by atoms with E-state index >= 15 is 0 Å². The van der Waals surface area contributed by atoms with Gasteiger partial charge in [-0.25, -0.2) is 0 Å². The van der Waals surface area contributed by atoms with Crippen LogP contribution >= 0.6 is 0 Å². The maximum absolute atomic E-state index is 12.2. The molecule has 2 saturated heterocycles. The summed E-state index contributed by atoms with van der Waals surface area (Å²) in [5.41, 5.74) is 0. The highest BCUT2D eigenvalue weighted by atomic mass is 16.2. The average Bonchev–Trinajstić information content (AvgIpc) is 2.81. The summed E-state index contributed by atoms with van der Waals surface area (Å²) in [6.45, 7) is 2.72. The summed E-state index contributed by atoms with van der Waals surface area (Å²) in [6, 6.07) is 0. The molecule has 0 aromatic carbocycles. The third-order valence-corrected chi connectivity index (χ3v) is 4.56. The summed E-state index contributed by atoms with van der Waals surface area (Å²) in [6.07, 6.45) is 4.86. The Hall–Kier alpha value is -0.900. The van der Waals surface area contributed by atoms with Crippen molar-refractivity contribution in [2.75, 3.05) is 19.6 Å². The highest BCUT2D eigenvalue weighted by molar-refractivity contribution is 6.00. The lowest BCUT2D eigenvalue weighted by Crippen LogP contribution is -2.49. The quantitative estimate of drug-likeness (QED) is 0.721. The molecule has 2 bridgehead atoms. The first-order chi connectivity index (χ1) is 8.25. The van der Waals surface area contributed by atoms with E-state index in [0.717, 1.165) is 45.2 Å². The maximum atomic E-state index is 12.2. The molecule has 1 N–H and O–H groups in total. The van der Waals surface area contributed by atoms with Crippen LogP contribution in [0.1, 0.15) is 32.1 Å². The minimum Gasteiger partial charge on any atom is -0.317 e. The molecular formula is C13H20N2O2. The van der Waals surface area contributed by atoms with Gasteiger partial charge < -0.3 is 5.32 Å². The minimum atomic E-state index is 0.113. The topological polar surface area (TPSA) is 49.4 Å². The van der Waals surface area contributed by atoms with Crippen molar-refractivity contribution in [1.29, 1.82) is 0 Å². The molecular weight excluding hydrogens is 216 g/mol. The summed E-state index contributed by atoms with van der Waals surface area (Å²) in [4.78, 5) is 25.9. The van der Waals surface area contributed by atoms with Crippen molar-refractivity contribution >= 4 is 11.8 Å².